The number of hydrogen-bond donors (Lipinski definition) is 1. The molecule has 2 heterocycles. The molecule has 8 heteroatoms. The van der Waals surface area contributed by atoms with E-state index < -0.39 is 12.0 Å². The Morgan fingerprint density at radius 3 is 2.38 bits per heavy atom. The third-order valence-corrected chi connectivity index (χ3v) is 6.70. The number of piperazine rings is 1. The predicted octanol–water partition coefficient (Wildman–Crippen LogP) is 4.33. The van der Waals surface area contributed by atoms with Gasteiger partial charge in [0.2, 0.25) is 5.91 Å². The van der Waals surface area contributed by atoms with Crippen molar-refractivity contribution in [2.75, 3.05) is 24.6 Å². The van der Waals surface area contributed by atoms with Crippen LogP contribution in [0.15, 0.2) is 58.3 Å². The third kappa shape index (κ3) is 4.60. The quantitative estimate of drug-likeness (QED) is 0.520. The maximum absolute atomic E-state index is 13.8. The van der Waals surface area contributed by atoms with Crippen molar-refractivity contribution in [3.05, 3.63) is 48.5 Å². The number of amides is 3. The Morgan fingerprint density at radius 1 is 1.06 bits per heavy atom. The van der Waals surface area contributed by atoms with Crippen LogP contribution < -0.4 is 10.2 Å². The zero-order valence-corrected chi connectivity index (χ0v) is 18.9. The number of esters is 1. The number of fused-ring (bicyclic) bond motifs is 2. The smallest absolute Gasteiger partial charge is 0.329 e. The highest BCUT2D eigenvalue weighted by Crippen LogP contribution is 2.48. The number of unbranched alkanes of at least 4 members (excludes halogenated alkanes) is 2. The standard InChI is InChI=1S/C24H27N3O4S/c1-2-3-8-15-31-22(28)16-19-23(29)25-13-14-26(19)24(30)27-17-9-4-6-11-20(17)32-21-12-7-5-10-18(21)27/h4-7,9-12,19H,2-3,8,13-16H2,1H3,(H,25,29). The van der Waals surface area contributed by atoms with E-state index in [1.807, 2.05) is 48.5 Å². The van der Waals surface area contributed by atoms with E-state index in [0.717, 1.165) is 40.4 Å². The summed E-state index contributed by atoms with van der Waals surface area (Å²) in [6.07, 6.45) is 2.64. The van der Waals surface area contributed by atoms with Gasteiger partial charge in [0.05, 0.1) is 24.4 Å². The Balaban J connectivity index is 1.58. The molecule has 0 aromatic heterocycles. The van der Waals surface area contributed by atoms with Crippen LogP contribution in [0.4, 0.5) is 16.2 Å². The zero-order chi connectivity index (χ0) is 22.5. The number of nitrogens with zero attached hydrogens (tertiary/aromatic N) is 2. The molecule has 0 radical (unpaired) electrons. The van der Waals surface area contributed by atoms with Gasteiger partial charge in [-0.2, -0.15) is 0 Å². The number of carbonyl (C=O) groups is 3. The minimum atomic E-state index is -0.899. The number of hydrogen-bond acceptors (Lipinski definition) is 5. The van der Waals surface area contributed by atoms with Gasteiger partial charge in [-0.3, -0.25) is 14.5 Å². The Morgan fingerprint density at radius 2 is 1.72 bits per heavy atom. The molecule has 7 nitrogen and oxygen atoms in total. The van der Waals surface area contributed by atoms with Gasteiger partial charge >= 0.3 is 12.0 Å². The lowest BCUT2D eigenvalue weighted by Gasteiger charge is -2.40. The van der Waals surface area contributed by atoms with Gasteiger partial charge in [-0.1, -0.05) is 55.8 Å². The summed E-state index contributed by atoms with van der Waals surface area (Å²) < 4.78 is 5.31. The van der Waals surface area contributed by atoms with E-state index in [9.17, 15) is 14.4 Å². The highest BCUT2D eigenvalue weighted by molar-refractivity contribution is 7.99. The van der Waals surface area contributed by atoms with Gasteiger partial charge in [0.1, 0.15) is 6.04 Å². The van der Waals surface area contributed by atoms with Crippen molar-refractivity contribution in [1.82, 2.24) is 10.2 Å². The highest BCUT2D eigenvalue weighted by atomic mass is 32.2. The van der Waals surface area contributed by atoms with E-state index in [0.29, 0.717) is 19.7 Å². The molecule has 1 atom stereocenters. The zero-order valence-electron chi connectivity index (χ0n) is 18.1. The molecule has 1 saturated heterocycles. The minimum Gasteiger partial charge on any atom is -0.466 e. The Bertz CT molecular complexity index is 967. The van der Waals surface area contributed by atoms with Crippen LogP contribution in [-0.2, 0) is 14.3 Å². The number of rotatable bonds is 6. The van der Waals surface area contributed by atoms with Gasteiger partial charge in [-0.25, -0.2) is 4.79 Å². The number of carbonyl (C=O) groups excluding carboxylic acids is 3. The monoisotopic (exact) mass is 453 g/mol. The fraction of sp³-hybridized carbons (Fsp3) is 0.375. The Kier molecular flexibility index (Phi) is 6.99. The lowest BCUT2D eigenvalue weighted by molar-refractivity contribution is -0.147. The first-order valence-corrected chi connectivity index (χ1v) is 11.8. The first-order chi connectivity index (χ1) is 15.6. The van der Waals surface area contributed by atoms with Crippen LogP contribution in [0.5, 0.6) is 0 Å². The van der Waals surface area contributed by atoms with Crippen LogP contribution in [0.25, 0.3) is 0 Å². The molecule has 0 bridgehead atoms. The van der Waals surface area contributed by atoms with Crippen LogP contribution in [0.3, 0.4) is 0 Å². The summed E-state index contributed by atoms with van der Waals surface area (Å²) in [6, 6.07) is 14.2. The molecule has 2 aliphatic heterocycles. The molecule has 0 aliphatic carbocycles. The van der Waals surface area contributed by atoms with Crippen molar-refractivity contribution in [2.45, 2.75) is 48.4 Å². The predicted molar refractivity (Wildman–Crippen MR) is 123 cm³/mol. The van der Waals surface area contributed by atoms with E-state index in [-0.39, 0.29) is 18.4 Å². The molecule has 2 aromatic carbocycles. The SMILES string of the molecule is CCCCCOC(=O)CC1C(=O)NCCN1C(=O)N1c2ccccc2Sc2ccccc21. The van der Waals surface area contributed by atoms with Gasteiger partial charge in [-0.05, 0) is 30.7 Å². The molecule has 1 N–H and O–H groups in total. The van der Waals surface area contributed by atoms with Gasteiger partial charge in [0.15, 0.2) is 0 Å². The number of ether oxygens (including phenoxy) is 1. The summed E-state index contributed by atoms with van der Waals surface area (Å²) in [7, 11) is 0. The van der Waals surface area contributed by atoms with E-state index in [1.54, 1.807) is 16.7 Å². The van der Waals surface area contributed by atoms with Crippen molar-refractivity contribution in [3.8, 4) is 0 Å². The van der Waals surface area contributed by atoms with Crippen LogP contribution in [0, 0.1) is 0 Å². The third-order valence-electron chi connectivity index (χ3n) is 5.57. The molecule has 0 spiro atoms. The second kappa shape index (κ2) is 10.1. The average Bonchev–Trinajstić information content (AvgIpc) is 2.81. The van der Waals surface area contributed by atoms with Crippen molar-refractivity contribution in [2.24, 2.45) is 0 Å². The normalized spacial score (nSPS) is 17.3. The molecular formula is C24H27N3O4S. The molecule has 1 unspecified atom stereocenters. The number of urea groups is 1. The Labute approximate surface area is 192 Å². The molecular weight excluding hydrogens is 426 g/mol. The minimum absolute atomic E-state index is 0.157. The number of nitrogens with one attached hydrogen (secondary N) is 1. The van der Waals surface area contributed by atoms with Crippen molar-refractivity contribution in [3.63, 3.8) is 0 Å². The molecule has 168 valence electrons. The van der Waals surface area contributed by atoms with Crippen molar-refractivity contribution >= 4 is 41.0 Å². The summed E-state index contributed by atoms with van der Waals surface area (Å²) >= 11 is 1.61. The van der Waals surface area contributed by atoms with Gasteiger partial charge in [0.25, 0.3) is 0 Å². The first-order valence-electron chi connectivity index (χ1n) is 11.0. The molecule has 3 amide bonds. The molecule has 4 rings (SSSR count). The maximum atomic E-state index is 13.8. The van der Waals surface area contributed by atoms with Gasteiger partial charge < -0.3 is 15.0 Å². The average molecular weight is 454 g/mol. The van der Waals surface area contributed by atoms with Crippen molar-refractivity contribution < 1.29 is 19.1 Å². The Hall–Kier alpha value is -3.00. The summed E-state index contributed by atoms with van der Waals surface area (Å²) in [4.78, 5) is 44.0. The fourth-order valence-electron chi connectivity index (χ4n) is 3.94. The molecule has 2 aliphatic rings. The van der Waals surface area contributed by atoms with Crippen molar-refractivity contribution in [1.29, 1.82) is 0 Å². The van der Waals surface area contributed by atoms with Crippen LogP contribution in [0.2, 0.25) is 0 Å². The number of anilines is 2. The van der Waals surface area contributed by atoms with Crippen LogP contribution in [-0.4, -0.2) is 48.5 Å². The van der Waals surface area contributed by atoms with E-state index in [4.69, 9.17) is 4.74 Å². The summed E-state index contributed by atoms with van der Waals surface area (Å²) in [5.41, 5.74) is 1.54. The second-order valence-corrected chi connectivity index (χ2v) is 8.87. The highest BCUT2D eigenvalue weighted by Gasteiger charge is 2.39. The summed E-state index contributed by atoms with van der Waals surface area (Å²) in [5.74, 6) is -0.793. The second-order valence-electron chi connectivity index (χ2n) is 7.79. The van der Waals surface area contributed by atoms with E-state index in [2.05, 4.69) is 12.2 Å². The fourth-order valence-corrected chi connectivity index (χ4v) is 5.00. The van der Waals surface area contributed by atoms with Gasteiger partial charge in [-0.15, -0.1) is 0 Å². The summed E-state index contributed by atoms with van der Waals surface area (Å²) in [6.45, 7) is 3.08. The number of benzene rings is 2. The number of para-hydroxylation sites is 2. The lowest BCUT2D eigenvalue weighted by atomic mass is 10.1. The molecule has 0 saturated carbocycles. The largest absolute Gasteiger partial charge is 0.466 e. The molecule has 1 fully saturated rings. The molecule has 32 heavy (non-hydrogen) atoms. The molecule has 2 aromatic rings. The lowest BCUT2D eigenvalue weighted by Crippen LogP contribution is -2.60. The maximum Gasteiger partial charge on any atom is 0.329 e. The summed E-state index contributed by atoms with van der Waals surface area (Å²) in [5, 5.41) is 2.78. The van der Waals surface area contributed by atoms with Gasteiger partial charge in [0, 0.05) is 22.9 Å². The van der Waals surface area contributed by atoms with E-state index in [1.165, 1.54) is 4.90 Å². The topological polar surface area (TPSA) is 79.0 Å². The first kappa shape index (κ1) is 22.2. The van der Waals surface area contributed by atoms with Crippen LogP contribution in [0.1, 0.15) is 32.6 Å². The van der Waals surface area contributed by atoms with Crippen LogP contribution >= 0.6 is 11.8 Å². The van der Waals surface area contributed by atoms with E-state index >= 15 is 0 Å².